The molecule has 0 aromatic heterocycles. The molecule has 0 fully saturated rings. The van der Waals surface area contributed by atoms with E-state index >= 15 is 0 Å². The van der Waals surface area contributed by atoms with Gasteiger partial charge in [0.2, 0.25) is 0 Å². The molecule has 1 aliphatic heterocycles. The molecule has 0 unspecified atom stereocenters. The molecule has 11 heteroatoms. The highest BCUT2D eigenvalue weighted by atomic mass is 79.9. The zero-order valence-corrected chi connectivity index (χ0v) is 14.7. The third-order valence-corrected chi connectivity index (χ3v) is 3.97. The van der Waals surface area contributed by atoms with Crippen molar-refractivity contribution in [2.24, 2.45) is 0 Å². The molecule has 144 valence electrons. The van der Waals surface area contributed by atoms with Gasteiger partial charge in [0.1, 0.15) is 11.6 Å². The first-order chi connectivity index (χ1) is 12.6. The minimum atomic E-state index is -4.48. The highest BCUT2D eigenvalue weighted by molar-refractivity contribution is 9.10. The van der Waals surface area contributed by atoms with Crippen LogP contribution in [0, 0.1) is 5.82 Å². The molecule has 0 aliphatic carbocycles. The predicted molar refractivity (Wildman–Crippen MR) is 87.0 cm³/mol. The van der Waals surface area contributed by atoms with Crippen molar-refractivity contribution in [2.45, 2.75) is 18.9 Å². The Kier molecular flexibility index (Phi) is 5.00. The van der Waals surface area contributed by atoms with Crippen LogP contribution in [0.15, 0.2) is 40.9 Å². The molecule has 27 heavy (non-hydrogen) atoms. The molecule has 1 heterocycles. The predicted octanol–water partition coefficient (Wildman–Crippen LogP) is 4.92. The molecule has 0 saturated carbocycles. The second-order valence-electron chi connectivity index (χ2n) is 5.44. The van der Waals surface area contributed by atoms with Gasteiger partial charge >= 0.3 is 18.4 Å². The first-order valence-corrected chi connectivity index (χ1v) is 8.13. The average molecular weight is 453 g/mol. The Morgan fingerprint density at radius 1 is 1.11 bits per heavy atom. The summed E-state index contributed by atoms with van der Waals surface area (Å²) in [7, 11) is 0. The molecule has 0 spiro atoms. The van der Waals surface area contributed by atoms with Gasteiger partial charge in [0, 0.05) is 22.3 Å². The van der Waals surface area contributed by atoms with E-state index in [2.05, 4.69) is 36.0 Å². The Labute approximate surface area is 157 Å². The highest BCUT2D eigenvalue weighted by Gasteiger charge is 2.54. The van der Waals surface area contributed by atoms with Crippen LogP contribution in [0.25, 0.3) is 0 Å². The largest absolute Gasteiger partial charge is 0.540 e. The van der Waals surface area contributed by atoms with Crippen LogP contribution in [0.1, 0.15) is 11.1 Å². The van der Waals surface area contributed by atoms with Crippen LogP contribution < -0.4 is 15.4 Å². The summed E-state index contributed by atoms with van der Waals surface area (Å²) in [5, 5.41) is 4.59. The number of benzene rings is 2. The zero-order valence-electron chi connectivity index (χ0n) is 13.2. The summed E-state index contributed by atoms with van der Waals surface area (Å²) in [5.41, 5.74) is -0.900. The summed E-state index contributed by atoms with van der Waals surface area (Å²) < 4.78 is 74.9. The van der Waals surface area contributed by atoms with Crippen LogP contribution in [0.2, 0.25) is 0 Å². The topological polar surface area (TPSA) is 59.6 Å². The normalized spacial score (nSPS) is 16.8. The molecule has 5 nitrogen and oxygen atoms in total. The van der Waals surface area contributed by atoms with E-state index in [1.807, 2.05) is 0 Å². The fraction of sp³-hybridized carbons (Fsp3) is 0.188. The summed E-state index contributed by atoms with van der Waals surface area (Å²) in [6.45, 7) is -0.170. The Morgan fingerprint density at radius 2 is 1.85 bits per heavy atom. The van der Waals surface area contributed by atoms with Gasteiger partial charge in [-0.05, 0) is 36.4 Å². The summed E-state index contributed by atoms with van der Waals surface area (Å²) in [4.78, 5) is 11.9. The van der Waals surface area contributed by atoms with E-state index in [9.17, 15) is 26.7 Å². The number of urea groups is 1. The molecule has 0 atom stereocenters. The number of amides is 2. The average Bonchev–Trinajstić information content (AvgIpc) is 2.55. The van der Waals surface area contributed by atoms with E-state index in [4.69, 9.17) is 0 Å². The van der Waals surface area contributed by atoms with Crippen LogP contribution >= 0.6 is 15.9 Å². The standard InChI is InChI=1S/C16H10BrF5N2O3/c17-9-1-3-12(18)8(5-9)7-23-14(25)24-10-2-4-13-11(6-10)15(19,20)27-16(21,22)26-13/h1-6H,7H2,(H2,23,24,25). The molecule has 0 radical (unpaired) electrons. The van der Waals surface area contributed by atoms with E-state index in [1.165, 1.54) is 18.2 Å². The molecule has 2 amide bonds. The van der Waals surface area contributed by atoms with Gasteiger partial charge in [-0.25, -0.2) is 13.9 Å². The van der Waals surface area contributed by atoms with Crippen molar-refractivity contribution in [3.63, 3.8) is 0 Å². The first-order valence-electron chi connectivity index (χ1n) is 7.34. The Balaban J connectivity index is 1.70. The van der Waals surface area contributed by atoms with Gasteiger partial charge in [0.15, 0.2) is 0 Å². The minimum Gasteiger partial charge on any atom is -0.409 e. The van der Waals surface area contributed by atoms with Gasteiger partial charge in [0.05, 0.1) is 5.56 Å². The summed E-state index contributed by atoms with van der Waals surface area (Å²) in [5.74, 6) is -1.32. The number of hydrogen-bond acceptors (Lipinski definition) is 3. The summed E-state index contributed by atoms with van der Waals surface area (Å²) in [6, 6.07) is 6.02. The molecule has 2 aromatic carbocycles. The van der Waals surface area contributed by atoms with Crippen molar-refractivity contribution in [3.05, 3.63) is 57.8 Å². The number of ether oxygens (including phenoxy) is 2. The number of rotatable bonds is 3. The van der Waals surface area contributed by atoms with E-state index in [0.29, 0.717) is 4.47 Å². The monoisotopic (exact) mass is 452 g/mol. The summed E-state index contributed by atoms with van der Waals surface area (Å²) in [6.07, 6.45) is -8.79. The number of carbonyl (C=O) groups excluding carboxylic acids is 1. The number of anilines is 1. The van der Waals surface area contributed by atoms with E-state index < -0.39 is 35.6 Å². The number of halogens is 6. The van der Waals surface area contributed by atoms with Crippen molar-refractivity contribution < 1.29 is 36.2 Å². The second kappa shape index (κ2) is 6.97. The Morgan fingerprint density at radius 3 is 2.59 bits per heavy atom. The van der Waals surface area contributed by atoms with Gasteiger partial charge in [-0.15, -0.1) is 8.78 Å². The van der Waals surface area contributed by atoms with Crippen molar-refractivity contribution in [2.75, 3.05) is 5.32 Å². The number of fused-ring (bicyclic) bond motifs is 1. The quantitative estimate of drug-likeness (QED) is 0.649. The van der Waals surface area contributed by atoms with Gasteiger partial charge in [-0.2, -0.15) is 8.78 Å². The van der Waals surface area contributed by atoms with Crippen LogP contribution in [-0.2, 0) is 17.4 Å². The first kappa shape index (κ1) is 19.4. The lowest BCUT2D eigenvalue weighted by Crippen LogP contribution is -2.41. The molecule has 2 N–H and O–H groups in total. The van der Waals surface area contributed by atoms with E-state index in [0.717, 1.165) is 18.2 Å². The van der Waals surface area contributed by atoms with Gasteiger partial charge in [-0.1, -0.05) is 15.9 Å². The summed E-state index contributed by atoms with van der Waals surface area (Å²) >= 11 is 3.17. The maximum atomic E-state index is 13.7. The minimum absolute atomic E-state index is 0.127. The smallest absolute Gasteiger partial charge is 0.409 e. The fourth-order valence-corrected chi connectivity index (χ4v) is 2.72. The van der Waals surface area contributed by atoms with Crippen molar-refractivity contribution >= 4 is 27.6 Å². The van der Waals surface area contributed by atoms with Crippen LogP contribution in [0.5, 0.6) is 5.75 Å². The van der Waals surface area contributed by atoms with E-state index in [-0.39, 0.29) is 17.8 Å². The zero-order chi connectivity index (χ0) is 19.8. The van der Waals surface area contributed by atoms with Crippen LogP contribution in [0.3, 0.4) is 0 Å². The van der Waals surface area contributed by atoms with Crippen molar-refractivity contribution in [1.82, 2.24) is 5.32 Å². The molecule has 0 saturated heterocycles. The fourth-order valence-electron chi connectivity index (χ4n) is 2.31. The van der Waals surface area contributed by atoms with Crippen LogP contribution in [0.4, 0.5) is 32.4 Å². The lowest BCUT2D eigenvalue weighted by molar-refractivity contribution is -0.461. The number of nitrogens with one attached hydrogen (secondary N) is 2. The third-order valence-electron chi connectivity index (χ3n) is 3.47. The molecule has 1 aliphatic rings. The van der Waals surface area contributed by atoms with Crippen molar-refractivity contribution in [3.8, 4) is 5.75 Å². The molecular weight excluding hydrogens is 443 g/mol. The molecule has 2 aromatic rings. The maximum absolute atomic E-state index is 13.7. The number of alkyl halides is 4. The maximum Gasteiger partial charge on any atom is 0.540 e. The van der Waals surface area contributed by atoms with E-state index in [1.54, 1.807) is 0 Å². The molecular formula is C16H10BrF5N2O3. The SMILES string of the molecule is O=C(NCc1cc(Br)ccc1F)Nc1ccc2c(c1)C(F)(F)OC(F)(F)O2. The van der Waals surface area contributed by atoms with Gasteiger partial charge in [-0.3, -0.25) is 0 Å². The highest BCUT2D eigenvalue weighted by Crippen LogP contribution is 2.46. The lowest BCUT2D eigenvalue weighted by atomic mass is 10.1. The number of carbonyl (C=O) groups is 1. The molecule has 0 bridgehead atoms. The van der Waals surface area contributed by atoms with Gasteiger partial charge in [0.25, 0.3) is 0 Å². The second-order valence-corrected chi connectivity index (χ2v) is 6.35. The Bertz CT molecular complexity index is 894. The van der Waals surface area contributed by atoms with Gasteiger partial charge < -0.3 is 15.4 Å². The lowest BCUT2D eigenvalue weighted by Gasteiger charge is -2.30. The molecule has 3 rings (SSSR count). The Hall–Kier alpha value is -2.40. The van der Waals surface area contributed by atoms with Crippen molar-refractivity contribution in [1.29, 1.82) is 0 Å². The number of hydrogen-bond donors (Lipinski definition) is 2. The third kappa shape index (κ3) is 4.48. The van der Waals surface area contributed by atoms with Crippen LogP contribution in [-0.4, -0.2) is 12.3 Å².